The molecule has 48 valence electrons. The van der Waals surface area contributed by atoms with Crippen molar-refractivity contribution < 1.29 is 0 Å². The number of thioether (sulfide) groups is 1. The summed E-state index contributed by atoms with van der Waals surface area (Å²) in [5, 5.41) is 0. The van der Waals surface area contributed by atoms with Crippen LogP contribution in [0.2, 0.25) is 0 Å². The van der Waals surface area contributed by atoms with Gasteiger partial charge in [-0.25, -0.2) is 0 Å². The molecule has 8 heavy (non-hydrogen) atoms. The Bertz CT molecular complexity index is 90.5. The van der Waals surface area contributed by atoms with E-state index >= 15 is 0 Å². The maximum Gasteiger partial charge on any atom is 0.0643 e. The Labute approximate surface area is 55.0 Å². The van der Waals surface area contributed by atoms with Crippen LogP contribution >= 0.6 is 11.8 Å². The lowest BCUT2D eigenvalue weighted by Crippen LogP contribution is -2.50. The molecule has 1 aliphatic carbocycles. The molecule has 0 aromatic rings. The summed E-state index contributed by atoms with van der Waals surface area (Å²) in [6.45, 7) is 2.22. The minimum atomic E-state index is 0.139. The van der Waals surface area contributed by atoms with E-state index in [4.69, 9.17) is 5.73 Å². The average molecular weight is 131 g/mol. The molecule has 1 nitrogen and oxygen atoms in total. The van der Waals surface area contributed by atoms with Crippen LogP contribution in [0.25, 0.3) is 0 Å². The molecule has 0 aromatic carbocycles. The van der Waals surface area contributed by atoms with Crippen LogP contribution < -0.4 is 5.73 Å². The molecule has 1 aliphatic rings. The van der Waals surface area contributed by atoms with Crippen molar-refractivity contribution in [2.45, 2.75) is 24.6 Å². The van der Waals surface area contributed by atoms with Gasteiger partial charge in [-0.05, 0) is 25.0 Å². The zero-order valence-electron chi connectivity index (χ0n) is 5.48. The van der Waals surface area contributed by atoms with Crippen LogP contribution in [-0.4, -0.2) is 11.1 Å². The van der Waals surface area contributed by atoms with E-state index in [1.165, 1.54) is 12.8 Å². The highest BCUT2D eigenvalue weighted by atomic mass is 32.2. The third-order valence-corrected chi connectivity index (χ3v) is 3.55. The molecule has 0 amide bonds. The Balaban J connectivity index is 2.42. The van der Waals surface area contributed by atoms with Gasteiger partial charge in [-0.15, -0.1) is 11.8 Å². The Morgan fingerprint density at radius 1 is 1.75 bits per heavy atom. The monoisotopic (exact) mass is 131 g/mol. The van der Waals surface area contributed by atoms with Crippen molar-refractivity contribution in [2.75, 3.05) is 6.26 Å². The Kier molecular flexibility index (Phi) is 1.54. The van der Waals surface area contributed by atoms with Crippen molar-refractivity contribution in [3.8, 4) is 0 Å². The molecule has 2 heteroatoms. The van der Waals surface area contributed by atoms with E-state index in [9.17, 15) is 0 Å². The number of rotatable bonds is 1. The Morgan fingerprint density at radius 3 is 2.38 bits per heavy atom. The fraction of sp³-hybridized carbons (Fsp3) is 1.00. The molecular formula is C6H13NS. The van der Waals surface area contributed by atoms with Crippen molar-refractivity contribution in [3.05, 3.63) is 0 Å². The molecule has 1 saturated carbocycles. The second-order valence-electron chi connectivity index (χ2n) is 2.60. The highest BCUT2D eigenvalue weighted by Gasteiger charge is 2.39. The maximum atomic E-state index is 5.91. The van der Waals surface area contributed by atoms with E-state index in [0.29, 0.717) is 0 Å². The second kappa shape index (κ2) is 1.92. The van der Waals surface area contributed by atoms with E-state index in [0.717, 1.165) is 5.92 Å². The molecule has 0 aromatic heterocycles. The molecule has 0 heterocycles. The van der Waals surface area contributed by atoms with Crippen LogP contribution in [0.1, 0.15) is 19.8 Å². The number of hydrogen-bond donors (Lipinski definition) is 1. The summed E-state index contributed by atoms with van der Waals surface area (Å²) in [5.74, 6) is 0.734. The first-order valence-electron chi connectivity index (χ1n) is 3.03. The molecule has 0 saturated heterocycles. The summed E-state index contributed by atoms with van der Waals surface area (Å²) in [7, 11) is 0. The first kappa shape index (κ1) is 6.43. The largest absolute Gasteiger partial charge is 0.317 e. The fourth-order valence-corrected chi connectivity index (χ4v) is 1.86. The van der Waals surface area contributed by atoms with E-state index < -0.39 is 0 Å². The standard InChI is InChI=1S/C6H13NS/c1-5-3-4-6(5,7)8-2/h5H,3-4,7H2,1-2H3. The quantitative estimate of drug-likeness (QED) is 0.545. The van der Waals surface area contributed by atoms with Crippen molar-refractivity contribution in [3.63, 3.8) is 0 Å². The van der Waals surface area contributed by atoms with Crippen molar-refractivity contribution >= 4 is 11.8 Å². The fourth-order valence-electron chi connectivity index (χ4n) is 1.02. The van der Waals surface area contributed by atoms with Crippen LogP contribution in [0.15, 0.2) is 0 Å². The summed E-state index contributed by atoms with van der Waals surface area (Å²) in [4.78, 5) is 0.139. The summed E-state index contributed by atoms with van der Waals surface area (Å²) in [6.07, 6.45) is 4.61. The Morgan fingerprint density at radius 2 is 2.38 bits per heavy atom. The minimum absolute atomic E-state index is 0.139. The van der Waals surface area contributed by atoms with Crippen molar-refractivity contribution in [2.24, 2.45) is 11.7 Å². The Hall–Kier alpha value is 0.310. The molecule has 1 fully saturated rings. The first-order chi connectivity index (χ1) is 3.69. The lowest BCUT2D eigenvalue weighted by molar-refractivity contribution is 0.246. The zero-order chi connectivity index (χ0) is 6.20. The SMILES string of the molecule is CSC1(N)CCC1C. The lowest BCUT2D eigenvalue weighted by atomic mass is 9.81. The maximum absolute atomic E-state index is 5.91. The van der Waals surface area contributed by atoms with Crippen molar-refractivity contribution in [1.82, 2.24) is 0 Å². The summed E-state index contributed by atoms with van der Waals surface area (Å²) >= 11 is 1.80. The number of hydrogen-bond acceptors (Lipinski definition) is 2. The highest BCUT2D eigenvalue weighted by Crippen LogP contribution is 2.42. The van der Waals surface area contributed by atoms with Gasteiger partial charge in [0.25, 0.3) is 0 Å². The molecule has 2 atom stereocenters. The van der Waals surface area contributed by atoms with Gasteiger partial charge in [0.05, 0.1) is 4.87 Å². The third-order valence-electron chi connectivity index (χ3n) is 2.18. The summed E-state index contributed by atoms with van der Waals surface area (Å²) < 4.78 is 0. The predicted octanol–water partition coefficient (Wildman–Crippen LogP) is 1.43. The molecule has 0 aliphatic heterocycles. The van der Waals surface area contributed by atoms with Gasteiger partial charge in [-0.2, -0.15) is 0 Å². The lowest BCUT2D eigenvalue weighted by Gasteiger charge is -2.43. The molecule has 0 radical (unpaired) electrons. The zero-order valence-corrected chi connectivity index (χ0v) is 6.29. The van der Waals surface area contributed by atoms with Crippen LogP contribution in [0, 0.1) is 5.92 Å². The van der Waals surface area contributed by atoms with Crippen LogP contribution in [-0.2, 0) is 0 Å². The smallest absolute Gasteiger partial charge is 0.0643 e. The van der Waals surface area contributed by atoms with E-state index in [-0.39, 0.29) is 4.87 Å². The molecule has 2 N–H and O–H groups in total. The van der Waals surface area contributed by atoms with Gasteiger partial charge >= 0.3 is 0 Å². The van der Waals surface area contributed by atoms with Gasteiger partial charge < -0.3 is 5.73 Å². The minimum Gasteiger partial charge on any atom is -0.317 e. The molecule has 0 bridgehead atoms. The third kappa shape index (κ3) is 0.759. The molecule has 0 spiro atoms. The van der Waals surface area contributed by atoms with Crippen LogP contribution in [0.4, 0.5) is 0 Å². The van der Waals surface area contributed by atoms with Crippen molar-refractivity contribution in [1.29, 1.82) is 0 Å². The van der Waals surface area contributed by atoms with Gasteiger partial charge in [-0.1, -0.05) is 6.92 Å². The second-order valence-corrected chi connectivity index (χ2v) is 3.77. The molecular weight excluding hydrogens is 118 g/mol. The predicted molar refractivity (Wildman–Crippen MR) is 38.8 cm³/mol. The van der Waals surface area contributed by atoms with E-state index in [1.54, 1.807) is 11.8 Å². The molecule has 2 unspecified atom stereocenters. The summed E-state index contributed by atoms with van der Waals surface area (Å²) in [5.41, 5.74) is 5.91. The van der Waals surface area contributed by atoms with Gasteiger partial charge in [0.1, 0.15) is 0 Å². The average Bonchev–Trinajstić information content (AvgIpc) is 1.83. The normalized spacial score (nSPS) is 46.1. The topological polar surface area (TPSA) is 26.0 Å². The number of nitrogens with two attached hydrogens (primary N) is 1. The van der Waals surface area contributed by atoms with Gasteiger partial charge in [0.15, 0.2) is 0 Å². The van der Waals surface area contributed by atoms with Crippen LogP contribution in [0.3, 0.4) is 0 Å². The summed E-state index contributed by atoms with van der Waals surface area (Å²) in [6, 6.07) is 0. The van der Waals surface area contributed by atoms with Gasteiger partial charge in [0, 0.05) is 0 Å². The first-order valence-corrected chi connectivity index (χ1v) is 4.25. The highest BCUT2D eigenvalue weighted by molar-refractivity contribution is 8.00. The molecule has 1 rings (SSSR count). The van der Waals surface area contributed by atoms with Crippen LogP contribution in [0.5, 0.6) is 0 Å². The van der Waals surface area contributed by atoms with Gasteiger partial charge in [0.2, 0.25) is 0 Å². The van der Waals surface area contributed by atoms with E-state index in [1.807, 2.05) is 0 Å². The van der Waals surface area contributed by atoms with E-state index in [2.05, 4.69) is 13.2 Å². The van der Waals surface area contributed by atoms with Gasteiger partial charge in [-0.3, -0.25) is 0 Å².